The molecule has 0 aromatic heterocycles. The molecule has 0 amide bonds. The van der Waals surface area contributed by atoms with Gasteiger partial charge in [-0.25, -0.2) is 0 Å². The van der Waals surface area contributed by atoms with Gasteiger partial charge in [0.2, 0.25) is 0 Å². The first kappa shape index (κ1) is 11.3. The first-order valence-corrected chi connectivity index (χ1v) is 6.32. The highest BCUT2D eigenvalue weighted by atomic mass is 16.5. The average molecular weight is 239 g/mol. The number of para-hydroxylation sites is 1. The minimum Gasteiger partial charge on any atom is -0.485 e. The molecular weight excluding hydrogens is 222 g/mol. The number of fused-ring (bicyclic) bond motifs is 1. The molecule has 0 radical (unpaired) electrons. The highest BCUT2D eigenvalue weighted by molar-refractivity contribution is 5.40. The average Bonchev–Trinajstić information content (AvgIpc) is 2.39. The van der Waals surface area contributed by atoms with Crippen LogP contribution < -0.4 is 10.5 Å². The molecule has 1 aliphatic heterocycles. The maximum atomic E-state index is 6.24. The number of benzene rings is 2. The Morgan fingerprint density at radius 3 is 2.44 bits per heavy atom. The van der Waals surface area contributed by atoms with Crippen molar-refractivity contribution in [2.45, 2.75) is 25.5 Å². The van der Waals surface area contributed by atoms with Gasteiger partial charge in [0.15, 0.2) is 0 Å². The number of nitrogens with two attached hydrogens (primary N) is 1. The van der Waals surface area contributed by atoms with Crippen molar-refractivity contribution < 1.29 is 4.74 Å². The van der Waals surface area contributed by atoms with E-state index >= 15 is 0 Å². The summed E-state index contributed by atoms with van der Waals surface area (Å²) in [7, 11) is 0. The van der Waals surface area contributed by atoms with Gasteiger partial charge in [-0.2, -0.15) is 0 Å². The third kappa shape index (κ3) is 1.89. The topological polar surface area (TPSA) is 35.2 Å². The Balaban J connectivity index is 1.97. The molecule has 0 saturated carbocycles. The molecular formula is C16H17NO. The zero-order valence-corrected chi connectivity index (χ0v) is 10.5. The summed E-state index contributed by atoms with van der Waals surface area (Å²) in [6, 6.07) is 16.5. The molecule has 2 N–H and O–H groups in total. The minimum atomic E-state index is 0.0551. The van der Waals surface area contributed by atoms with Crippen molar-refractivity contribution in [2.75, 3.05) is 0 Å². The lowest BCUT2D eigenvalue weighted by atomic mass is 9.92. The van der Waals surface area contributed by atoms with Gasteiger partial charge in [-0.15, -0.1) is 0 Å². The van der Waals surface area contributed by atoms with Gasteiger partial charge in [0.1, 0.15) is 11.9 Å². The molecule has 0 saturated heterocycles. The quantitative estimate of drug-likeness (QED) is 0.826. The highest BCUT2D eigenvalue weighted by Gasteiger charge is 2.27. The molecule has 2 heteroatoms. The van der Waals surface area contributed by atoms with Gasteiger partial charge in [0, 0.05) is 18.0 Å². The van der Waals surface area contributed by atoms with Gasteiger partial charge in [0.05, 0.1) is 0 Å². The fourth-order valence-electron chi connectivity index (χ4n) is 2.59. The molecule has 2 aromatic carbocycles. The third-order valence-electron chi connectivity index (χ3n) is 3.59. The first-order valence-electron chi connectivity index (χ1n) is 6.32. The first-order chi connectivity index (χ1) is 8.75. The number of aryl methyl sites for hydroxylation is 1. The molecule has 3 rings (SSSR count). The zero-order valence-electron chi connectivity index (χ0n) is 10.5. The lowest BCUT2D eigenvalue weighted by Crippen LogP contribution is -2.24. The molecule has 2 nitrogen and oxygen atoms in total. The summed E-state index contributed by atoms with van der Waals surface area (Å²) in [5, 5.41) is 0. The highest BCUT2D eigenvalue weighted by Crippen LogP contribution is 2.39. The van der Waals surface area contributed by atoms with Crippen molar-refractivity contribution in [3.63, 3.8) is 0 Å². The second-order valence-corrected chi connectivity index (χ2v) is 4.84. The van der Waals surface area contributed by atoms with Crippen molar-refractivity contribution in [3.05, 3.63) is 65.2 Å². The van der Waals surface area contributed by atoms with Crippen LogP contribution in [0.15, 0.2) is 48.5 Å². The minimum absolute atomic E-state index is 0.0551. The summed E-state index contributed by atoms with van der Waals surface area (Å²) in [4.78, 5) is 0. The summed E-state index contributed by atoms with van der Waals surface area (Å²) >= 11 is 0. The number of rotatable bonds is 1. The second kappa shape index (κ2) is 4.46. The van der Waals surface area contributed by atoms with E-state index in [-0.39, 0.29) is 12.1 Å². The maximum absolute atomic E-state index is 6.24. The second-order valence-electron chi connectivity index (χ2n) is 4.84. The van der Waals surface area contributed by atoms with Gasteiger partial charge in [-0.3, -0.25) is 0 Å². The Kier molecular flexibility index (Phi) is 2.80. The summed E-state index contributed by atoms with van der Waals surface area (Å²) in [6.07, 6.45) is 0.901. The van der Waals surface area contributed by atoms with E-state index in [1.54, 1.807) is 0 Å². The van der Waals surface area contributed by atoms with Crippen LogP contribution in [0.4, 0.5) is 0 Å². The van der Waals surface area contributed by atoms with Crippen LogP contribution in [0.25, 0.3) is 0 Å². The van der Waals surface area contributed by atoms with Crippen molar-refractivity contribution in [3.8, 4) is 5.75 Å². The van der Waals surface area contributed by atoms with Gasteiger partial charge in [0.25, 0.3) is 0 Å². The normalized spacial score (nSPS) is 22.1. The Morgan fingerprint density at radius 1 is 1.00 bits per heavy atom. The van der Waals surface area contributed by atoms with Crippen LogP contribution in [0.5, 0.6) is 5.75 Å². The van der Waals surface area contributed by atoms with Crippen LogP contribution in [-0.2, 0) is 0 Å². The van der Waals surface area contributed by atoms with Gasteiger partial charge >= 0.3 is 0 Å². The SMILES string of the molecule is Cc1ccccc1C1CC(N)c2ccccc2O1. The van der Waals surface area contributed by atoms with Crippen LogP contribution in [0.1, 0.15) is 35.3 Å². The molecule has 2 atom stereocenters. The lowest BCUT2D eigenvalue weighted by Gasteiger charge is -2.31. The Morgan fingerprint density at radius 2 is 1.67 bits per heavy atom. The molecule has 92 valence electrons. The van der Waals surface area contributed by atoms with Crippen molar-refractivity contribution in [1.29, 1.82) is 0 Å². The molecule has 2 unspecified atom stereocenters. The van der Waals surface area contributed by atoms with E-state index in [1.165, 1.54) is 11.1 Å². The monoisotopic (exact) mass is 239 g/mol. The summed E-state index contributed by atoms with van der Waals surface area (Å²) < 4.78 is 6.09. The fourth-order valence-corrected chi connectivity index (χ4v) is 2.59. The van der Waals surface area contributed by atoms with E-state index in [9.17, 15) is 0 Å². The predicted octanol–water partition coefficient (Wildman–Crippen LogP) is 3.52. The molecule has 0 aliphatic carbocycles. The largest absolute Gasteiger partial charge is 0.485 e. The molecule has 1 heterocycles. The van der Waals surface area contributed by atoms with Gasteiger partial charge in [-0.05, 0) is 24.1 Å². The summed E-state index contributed by atoms with van der Waals surface area (Å²) in [6.45, 7) is 2.12. The Bertz CT molecular complexity index is 565. The zero-order chi connectivity index (χ0) is 12.5. The molecule has 18 heavy (non-hydrogen) atoms. The van der Waals surface area contributed by atoms with E-state index in [0.717, 1.165) is 17.7 Å². The standard InChI is InChI=1S/C16H17NO/c1-11-6-2-3-7-12(11)16-10-14(17)13-8-4-5-9-15(13)18-16/h2-9,14,16H,10,17H2,1H3. The van der Waals surface area contributed by atoms with E-state index in [0.29, 0.717) is 0 Å². The predicted molar refractivity (Wildman–Crippen MR) is 72.5 cm³/mol. The van der Waals surface area contributed by atoms with Gasteiger partial charge in [-0.1, -0.05) is 42.5 Å². The van der Waals surface area contributed by atoms with Crippen LogP contribution in [0, 0.1) is 6.92 Å². The molecule has 2 aromatic rings. The molecule has 0 fully saturated rings. The lowest BCUT2D eigenvalue weighted by molar-refractivity contribution is 0.161. The molecule has 0 spiro atoms. The Hall–Kier alpha value is -1.80. The van der Waals surface area contributed by atoms with Crippen molar-refractivity contribution in [1.82, 2.24) is 0 Å². The van der Waals surface area contributed by atoms with Crippen molar-refractivity contribution >= 4 is 0 Å². The maximum Gasteiger partial charge on any atom is 0.126 e. The van der Waals surface area contributed by atoms with Crippen LogP contribution >= 0.6 is 0 Å². The third-order valence-corrected chi connectivity index (χ3v) is 3.59. The summed E-state index contributed by atoms with van der Waals surface area (Å²) in [5.41, 5.74) is 9.85. The van der Waals surface area contributed by atoms with Crippen LogP contribution in [0.3, 0.4) is 0 Å². The van der Waals surface area contributed by atoms with Crippen LogP contribution in [0.2, 0.25) is 0 Å². The number of ether oxygens (including phenoxy) is 1. The number of hydrogen-bond donors (Lipinski definition) is 1. The molecule has 0 bridgehead atoms. The summed E-state index contributed by atoms with van der Waals surface area (Å²) in [5.74, 6) is 0.921. The van der Waals surface area contributed by atoms with E-state index < -0.39 is 0 Å². The number of hydrogen-bond acceptors (Lipinski definition) is 2. The van der Waals surface area contributed by atoms with E-state index in [2.05, 4.69) is 31.2 Å². The van der Waals surface area contributed by atoms with Gasteiger partial charge < -0.3 is 10.5 Å². The molecule has 1 aliphatic rings. The van der Waals surface area contributed by atoms with E-state index in [1.807, 2.05) is 24.3 Å². The van der Waals surface area contributed by atoms with E-state index in [4.69, 9.17) is 10.5 Å². The fraction of sp³-hybridized carbons (Fsp3) is 0.250. The van der Waals surface area contributed by atoms with Crippen molar-refractivity contribution in [2.24, 2.45) is 5.73 Å². The van der Waals surface area contributed by atoms with Crippen LogP contribution in [-0.4, -0.2) is 0 Å². The smallest absolute Gasteiger partial charge is 0.126 e. The Labute approximate surface area is 107 Å².